The third kappa shape index (κ3) is 5.03. The molecular formula is C10H13FN2O3S2. The van der Waals surface area contributed by atoms with E-state index in [1.54, 1.807) is 0 Å². The van der Waals surface area contributed by atoms with Crippen molar-refractivity contribution in [3.63, 3.8) is 0 Å². The quantitative estimate of drug-likeness (QED) is 0.543. The molecule has 1 aromatic rings. The van der Waals surface area contributed by atoms with E-state index in [0.717, 1.165) is 12.3 Å². The van der Waals surface area contributed by atoms with Gasteiger partial charge in [0.25, 0.3) is 5.91 Å². The van der Waals surface area contributed by atoms with Gasteiger partial charge in [0.15, 0.2) is 0 Å². The number of nitrogens with one attached hydrogen (secondary N) is 2. The molecule has 1 rings (SSSR count). The summed E-state index contributed by atoms with van der Waals surface area (Å²) in [6.45, 7) is 0.241. The maximum Gasteiger partial charge on any atom is 0.251 e. The third-order valence-corrected chi connectivity index (χ3v) is 3.05. The van der Waals surface area contributed by atoms with Crippen molar-refractivity contribution in [3.05, 3.63) is 29.6 Å². The molecule has 5 nitrogen and oxygen atoms in total. The topological polar surface area (TPSA) is 75.3 Å². The van der Waals surface area contributed by atoms with Crippen molar-refractivity contribution >= 4 is 28.6 Å². The van der Waals surface area contributed by atoms with E-state index in [2.05, 4.69) is 22.7 Å². The largest absolute Gasteiger partial charge is 0.351 e. The maximum atomic E-state index is 12.9. The fraction of sp³-hybridized carbons (Fsp3) is 0.300. The predicted octanol–water partition coefficient (Wildman–Crippen LogP) is 0.393. The Balaban J connectivity index is 2.48. The van der Waals surface area contributed by atoms with E-state index in [1.165, 1.54) is 12.1 Å². The standard InChI is InChI=1S/C10H13FN2O3S2/c1-18(15,16)13-5-4-12-10(14)7-2-3-8(11)9(17)6-7/h2-3,6,13,17H,4-5H2,1H3,(H,12,14). The number of rotatable bonds is 5. The van der Waals surface area contributed by atoms with Gasteiger partial charge < -0.3 is 5.32 Å². The van der Waals surface area contributed by atoms with Crippen LogP contribution in [-0.4, -0.2) is 33.7 Å². The molecule has 0 aromatic heterocycles. The molecule has 0 fully saturated rings. The van der Waals surface area contributed by atoms with Crippen LogP contribution in [0.5, 0.6) is 0 Å². The van der Waals surface area contributed by atoms with Gasteiger partial charge >= 0.3 is 0 Å². The SMILES string of the molecule is CS(=O)(=O)NCCNC(=O)c1ccc(F)c(S)c1. The van der Waals surface area contributed by atoms with E-state index in [4.69, 9.17) is 0 Å². The molecule has 0 bridgehead atoms. The first-order chi connectivity index (χ1) is 8.29. The van der Waals surface area contributed by atoms with Gasteiger partial charge in [-0.25, -0.2) is 17.5 Å². The summed E-state index contributed by atoms with van der Waals surface area (Å²) in [6, 6.07) is 3.78. The lowest BCUT2D eigenvalue weighted by atomic mass is 10.2. The van der Waals surface area contributed by atoms with Crippen molar-refractivity contribution in [1.29, 1.82) is 0 Å². The Labute approximate surface area is 110 Å². The molecule has 1 amide bonds. The monoisotopic (exact) mass is 292 g/mol. The summed E-state index contributed by atoms with van der Waals surface area (Å²) >= 11 is 3.86. The number of amides is 1. The zero-order valence-corrected chi connectivity index (χ0v) is 11.3. The third-order valence-electron chi connectivity index (χ3n) is 1.98. The van der Waals surface area contributed by atoms with E-state index in [9.17, 15) is 17.6 Å². The van der Waals surface area contributed by atoms with E-state index in [1.807, 2.05) is 0 Å². The zero-order valence-electron chi connectivity index (χ0n) is 9.60. The average molecular weight is 292 g/mol. The molecule has 0 saturated heterocycles. The lowest BCUT2D eigenvalue weighted by Gasteiger charge is -2.06. The van der Waals surface area contributed by atoms with Crippen molar-refractivity contribution in [2.75, 3.05) is 19.3 Å². The normalized spacial score (nSPS) is 11.3. The van der Waals surface area contributed by atoms with Crippen LogP contribution in [0.2, 0.25) is 0 Å². The molecule has 0 radical (unpaired) electrons. The van der Waals surface area contributed by atoms with E-state index >= 15 is 0 Å². The molecule has 0 saturated carbocycles. The Bertz CT molecular complexity index is 546. The Morgan fingerprint density at radius 2 is 2.06 bits per heavy atom. The summed E-state index contributed by atoms with van der Waals surface area (Å²) in [4.78, 5) is 11.7. The zero-order chi connectivity index (χ0) is 13.8. The van der Waals surface area contributed by atoms with Gasteiger partial charge in [-0.05, 0) is 18.2 Å². The molecule has 0 atom stereocenters. The van der Waals surface area contributed by atoms with Gasteiger partial charge in [0.1, 0.15) is 5.82 Å². The predicted molar refractivity (Wildman–Crippen MR) is 68.8 cm³/mol. The van der Waals surface area contributed by atoms with Crippen molar-refractivity contribution in [2.45, 2.75) is 4.90 Å². The molecular weight excluding hydrogens is 279 g/mol. The number of carbonyl (C=O) groups is 1. The average Bonchev–Trinajstić information content (AvgIpc) is 2.26. The molecule has 0 aliphatic heterocycles. The molecule has 8 heteroatoms. The van der Waals surface area contributed by atoms with Gasteiger partial charge in [-0.2, -0.15) is 0 Å². The summed E-state index contributed by atoms with van der Waals surface area (Å²) in [7, 11) is -3.26. The number of hydrogen-bond acceptors (Lipinski definition) is 4. The molecule has 0 heterocycles. The molecule has 1 aromatic carbocycles. The minimum atomic E-state index is -3.26. The van der Waals surface area contributed by atoms with Gasteiger partial charge in [-0.1, -0.05) is 0 Å². The number of benzene rings is 1. The first-order valence-corrected chi connectivity index (χ1v) is 7.35. The second-order valence-electron chi connectivity index (χ2n) is 3.59. The summed E-state index contributed by atoms with van der Waals surface area (Å²) in [5.74, 6) is -0.922. The highest BCUT2D eigenvalue weighted by Crippen LogP contribution is 2.13. The fourth-order valence-corrected chi connectivity index (χ4v) is 1.85. The van der Waals surface area contributed by atoms with Crippen LogP contribution < -0.4 is 10.0 Å². The highest BCUT2D eigenvalue weighted by molar-refractivity contribution is 7.88. The molecule has 0 aliphatic rings. The number of carbonyl (C=O) groups excluding carboxylic acids is 1. The molecule has 0 spiro atoms. The van der Waals surface area contributed by atoms with Crippen LogP contribution >= 0.6 is 12.6 Å². The second kappa shape index (κ2) is 6.17. The Morgan fingerprint density at radius 3 is 2.61 bits per heavy atom. The van der Waals surface area contributed by atoms with Crippen LogP contribution in [0, 0.1) is 5.82 Å². The van der Waals surface area contributed by atoms with Crippen molar-refractivity contribution in [2.24, 2.45) is 0 Å². The van der Waals surface area contributed by atoms with E-state index in [0.29, 0.717) is 0 Å². The molecule has 18 heavy (non-hydrogen) atoms. The smallest absolute Gasteiger partial charge is 0.251 e. The summed E-state index contributed by atoms with van der Waals surface area (Å²) in [6.07, 6.45) is 1.03. The summed E-state index contributed by atoms with van der Waals surface area (Å²) in [5.41, 5.74) is 0.265. The number of sulfonamides is 1. The first kappa shape index (κ1) is 14.9. The second-order valence-corrected chi connectivity index (χ2v) is 5.90. The number of halogens is 1. The Hall–Kier alpha value is -1.12. The minimum Gasteiger partial charge on any atom is -0.351 e. The summed E-state index contributed by atoms with van der Waals surface area (Å²) < 4.78 is 36.7. The Morgan fingerprint density at radius 1 is 1.39 bits per heavy atom. The molecule has 0 aliphatic carbocycles. The van der Waals surface area contributed by atoms with Gasteiger partial charge in [0.05, 0.1) is 6.26 Å². The maximum absolute atomic E-state index is 12.9. The van der Waals surface area contributed by atoms with Gasteiger partial charge in [0.2, 0.25) is 10.0 Å². The van der Waals surface area contributed by atoms with Crippen molar-refractivity contribution in [3.8, 4) is 0 Å². The van der Waals surface area contributed by atoms with Gasteiger partial charge in [0, 0.05) is 23.5 Å². The molecule has 100 valence electrons. The first-order valence-electron chi connectivity index (χ1n) is 5.01. The lowest BCUT2D eigenvalue weighted by Crippen LogP contribution is -2.34. The van der Waals surface area contributed by atoms with Crippen LogP contribution in [0.1, 0.15) is 10.4 Å². The van der Waals surface area contributed by atoms with Crippen LogP contribution in [0.15, 0.2) is 23.1 Å². The fourth-order valence-electron chi connectivity index (χ4n) is 1.17. The molecule has 2 N–H and O–H groups in total. The highest BCUT2D eigenvalue weighted by Gasteiger charge is 2.07. The minimum absolute atomic E-state index is 0.0805. The number of thiol groups is 1. The molecule has 0 unspecified atom stereocenters. The van der Waals surface area contributed by atoms with E-state index in [-0.39, 0.29) is 23.5 Å². The lowest BCUT2D eigenvalue weighted by molar-refractivity contribution is 0.0954. The van der Waals surface area contributed by atoms with Crippen molar-refractivity contribution in [1.82, 2.24) is 10.0 Å². The van der Waals surface area contributed by atoms with Crippen LogP contribution in [0.3, 0.4) is 0 Å². The van der Waals surface area contributed by atoms with Gasteiger partial charge in [-0.15, -0.1) is 12.6 Å². The van der Waals surface area contributed by atoms with Crippen molar-refractivity contribution < 1.29 is 17.6 Å². The van der Waals surface area contributed by atoms with Gasteiger partial charge in [-0.3, -0.25) is 4.79 Å². The van der Waals surface area contributed by atoms with E-state index < -0.39 is 21.7 Å². The van der Waals surface area contributed by atoms with Crippen LogP contribution in [-0.2, 0) is 10.0 Å². The van der Waals surface area contributed by atoms with Crippen LogP contribution in [0.25, 0.3) is 0 Å². The number of hydrogen-bond donors (Lipinski definition) is 3. The highest BCUT2D eigenvalue weighted by atomic mass is 32.2. The van der Waals surface area contributed by atoms with Crippen LogP contribution in [0.4, 0.5) is 4.39 Å². The Kier molecular flexibility index (Phi) is 5.12. The summed E-state index contributed by atoms with van der Waals surface area (Å²) in [5, 5.41) is 2.50.